The Bertz CT molecular complexity index is 253. The average Bonchev–Trinajstić information content (AvgIpc) is 2.00. The van der Waals surface area contributed by atoms with E-state index in [2.05, 4.69) is 55.9 Å². The molecular weight excluding hydrogens is 268 g/mol. The maximum Gasteiger partial charge on any atom is 0.192 e. The van der Waals surface area contributed by atoms with Gasteiger partial charge in [-0.2, -0.15) is 0 Å². The van der Waals surface area contributed by atoms with Crippen LogP contribution in [0.1, 0.15) is 40.0 Å². The van der Waals surface area contributed by atoms with Gasteiger partial charge < -0.3 is 4.43 Å². The molecule has 3 heteroatoms. The highest BCUT2D eigenvalue weighted by Gasteiger charge is 2.38. The van der Waals surface area contributed by atoms with Gasteiger partial charge in [-0.15, -0.1) is 0 Å². The van der Waals surface area contributed by atoms with Crippen molar-refractivity contribution in [3.63, 3.8) is 0 Å². The molecule has 1 aliphatic rings. The molecule has 0 radical (unpaired) electrons. The zero-order valence-corrected chi connectivity index (χ0v) is 13.1. The maximum atomic E-state index is 6.35. The molecule has 0 aromatic heterocycles. The van der Waals surface area contributed by atoms with E-state index in [4.69, 9.17) is 4.43 Å². The summed E-state index contributed by atoms with van der Waals surface area (Å²) in [7, 11) is -1.59. The lowest BCUT2D eigenvalue weighted by Crippen LogP contribution is -2.43. The fourth-order valence-electron chi connectivity index (χ4n) is 1.49. The summed E-state index contributed by atoms with van der Waals surface area (Å²) in [6, 6.07) is 0. The van der Waals surface area contributed by atoms with Crippen LogP contribution >= 0.6 is 15.9 Å². The summed E-state index contributed by atoms with van der Waals surface area (Å²) in [4.78, 5) is 0. The van der Waals surface area contributed by atoms with Crippen molar-refractivity contribution in [3.05, 3.63) is 10.6 Å². The third-order valence-corrected chi connectivity index (χ3v) is 8.69. The molecule has 1 nitrogen and oxygen atoms in total. The van der Waals surface area contributed by atoms with Crippen LogP contribution in [-0.4, -0.2) is 14.4 Å². The first kappa shape index (κ1) is 13.5. The second-order valence-corrected chi connectivity index (χ2v) is 11.7. The minimum Gasteiger partial charge on any atom is -0.411 e. The topological polar surface area (TPSA) is 9.23 Å². The first-order valence-electron chi connectivity index (χ1n) is 5.76. The Labute approximate surface area is 104 Å². The molecule has 0 fully saturated rings. The summed E-state index contributed by atoms with van der Waals surface area (Å²) in [6.45, 7) is 11.5. The van der Waals surface area contributed by atoms with Gasteiger partial charge >= 0.3 is 0 Å². The van der Waals surface area contributed by atoms with Gasteiger partial charge in [0.15, 0.2) is 8.32 Å². The Balaban J connectivity index is 2.65. The minimum atomic E-state index is -1.59. The van der Waals surface area contributed by atoms with Crippen LogP contribution in [-0.2, 0) is 4.43 Å². The standard InChI is InChI=1S/C12H23BrOSi/c1-12(2,3)15(4,5)14-11-8-6-7-10(13)9-11/h9,11H,6-8H2,1-5H3/t11-/m0/s1. The molecule has 0 spiro atoms. The summed E-state index contributed by atoms with van der Waals surface area (Å²) in [5, 5.41) is 0.310. The maximum absolute atomic E-state index is 6.35. The molecule has 88 valence electrons. The van der Waals surface area contributed by atoms with Gasteiger partial charge in [-0.1, -0.05) is 36.7 Å². The largest absolute Gasteiger partial charge is 0.411 e. The molecule has 15 heavy (non-hydrogen) atoms. The number of rotatable bonds is 2. The van der Waals surface area contributed by atoms with Gasteiger partial charge in [-0.05, 0) is 48.0 Å². The van der Waals surface area contributed by atoms with Crippen LogP contribution in [0.4, 0.5) is 0 Å². The van der Waals surface area contributed by atoms with Crippen molar-refractivity contribution in [3.8, 4) is 0 Å². The zero-order chi connectivity index (χ0) is 11.7. The molecule has 1 rings (SSSR count). The Morgan fingerprint density at radius 1 is 1.40 bits per heavy atom. The molecule has 0 unspecified atom stereocenters. The Morgan fingerprint density at radius 3 is 2.47 bits per heavy atom. The Morgan fingerprint density at radius 2 is 2.00 bits per heavy atom. The van der Waals surface area contributed by atoms with Crippen molar-refractivity contribution < 1.29 is 4.43 Å². The molecule has 0 bridgehead atoms. The van der Waals surface area contributed by atoms with Crippen molar-refractivity contribution in [2.24, 2.45) is 0 Å². The van der Waals surface area contributed by atoms with E-state index in [-0.39, 0.29) is 0 Å². The summed E-state index contributed by atoms with van der Waals surface area (Å²) in [5.74, 6) is 0. The highest BCUT2D eigenvalue weighted by molar-refractivity contribution is 9.11. The molecule has 1 atom stereocenters. The average molecular weight is 291 g/mol. The molecular formula is C12H23BrOSi. The van der Waals surface area contributed by atoms with Crippen molar-refractivity contribution in [2.75, 3.05) is 0 Å². The van der Waals surface area contributed by atoms with E-state index in [1.165, 1.54) is 23.7 Å². The lowest BCUT2D eigenvalue weighted by Gasteiger charge is -2.39. The van der Waals surface area contributed by atoms with Gasteiger partial charge in [0.25, 0.3) is 0 Å². The molecule has 0 amide bonds. The van der Waals surface area contributed by atoms with Gasteiger partial charge in [-0.25, -0.2) is 0 Å². The summed E-state index contributed by atoms with van der Waals surface area (Å²) in [6.07, 6.45) is 6.20. The van der Waals surface area contributed by atoms with E-state index in [0.29, 0.717) is 11.1 Å². The SMILES string of the molecule is CC(C)(C)[Si](C)(C)O[C@@H]1C=C(Br)CCC1. The quantitative estimate of drug-likeness (QED) is 0.661. The summed E-state index contributed by atoms with van der Waals surface area (Å²) in [5.41, 5.74) is 0. The molecule has 0 N–H and O–H groups in total. The normalized spacial score (nSPS) is 23.9. The highest BCUT2D eigenvalue weighted by Crippen LogP contribution is 2.39. The molecule has 0 aromatic rings. The number of allylic oxidation sites excluding steroid dienone is 1. The van der Waals surface area contributed by atoms with E-state index in [9.17, 15) is 0 Å². The number of hydrogen-bond donors (Lipinski definition) is 0. The Kier molecular flexibility index (Phi) is 4.24. The van der Waals surface area contributed by atoms with Crippen LogP contribution in [0.3, 0.4) is 0 Å². The molecule has 0 aromatic carbocycles. The molecule has 0 heterocycles. The first-order chi connectivity index (χ1) is 6.72. The predicted molar refractivity (Wildman–Crippen MR) is 72.9 cm³/mol. The fourth-order valence-corrected chi connectivity index (χ4v) is 3.36. The van der Waals surface area contributed by atoms with E-state index in [1.807, 2.05) is 0 Å². The van der Waals surface area contributed by atoms with Gasteiger partial charge in [-0.3, -0.25) is 0 Å². The zero-order valence-electron chi connectivity index (χ0n) is 10.6. The van der Waals surface area contributed by atoms with Gasteiger partial charge in [0.2, 0.25) is 0 Å². The minimum absolute atomic E-state index is 0.310. The van der Waals surface area contributed by atoms with Crippen LogP contribution < -0.4 is 0 Å². The van der Waals surface area contributed by atoms with Crippen LogP contribution in [0.2, 0.25) is 18.1 Å². The molecule has 0 aliphatic heterocycles. The van der Waals surface area contributed by atoms with Gasteiger partial charge in [0, 0.05) is 0 Å². The van der Waals surface area contributed by atoms with E-state index < -0.39 is 8.32 Å². The lowest BCUT2D eigenvalue weighted by atomic mass is 10.1. The van der Waals surface area contributed by atoms with Crippen LogP contribution in [0.5, 0.6) is 0 Å². The first-order valence-corrected chi connectivity index (χ1v) is 9.46. The van der Waals surface area contributed by atoms with Crippen molar-refractivity contribution in [2.45, 2.75) is 64.3 Å². The van der Waals surface area contributed by atoms with Crippen LogP contribution in [0, 0.1) is 0 Å². The van der Waals surface area contributed by atoms with Crippen molar-refractivity contribution in [1.29, 1.82) is 0 Å². The monoisotopic (exact) mass is 290 g/mol. The van der Waals surface area contributed by atoms with Crippen LogP contribution in [0.15, 0.2) is 10.6 Å². The van der Waals surface area contributed by atoms with E-state index in [0.717, 1.165) is 0 Å². The van der Waals surface area contributed by atoms with E-state index in [1.54, 1.807) is 0 Å². The fraction of sp³-hybridized carbons (Fsp3) is 0.833. The second kappa shape index (κ2) is 4.72. The summed E-state index contributed by atoms with van der Waals surface area (Å²) < 4.78 is 7.66. The molecule has 0 saturated heterocycles. The predicted octanol–water partition coefficient (Wildman–Crippen LogP) is 4.84. The van der Waals surface area contributed by atoms with Crippen molar-refractivity contribution >= 4 is 24.2 Å². The number of halogens is 1. The third-order valence-electron chi connectivity index (χ3n) is 3.52. The molecule has 0 saturated carbocycles. The lowest BCUT2D eigenvalue weighted by molar-refractivity contribution is 0.207. The molecule has 1 aliphatic carbocycles. The van der Waals surface area contributed by atoms with E-state index >= 15 is 0 Å². The van der Waals surface area contributed by atoms with Crippen molar-refractivity contribution in [1.82, 2.24) is 0 Å². The van der Waals surface area contributed by atoms with Gasteiger partial charge in [0.1, 0.15) is 0 Å². The van der Waals surface area contributed by atoms with Crippen LogP contribution in [0.25, 0.3) is 0 Å². The smallest absolute Gasteiger partial charge is 0.192 e. The second-order valence-electron chi connectivity index (χ2n) is 5.92. The summed E-state index contributed by atoms with van der Waals surface area (Å²) >= 11 is 3.58. The Hall–Kier alpha value is 0.397. The highest BCUT2D eigenvalue weighted by atomic mass is 79.9. The van der Waals surface area contributed by atoms with Gasteiger partial charge in [0.05, 0.1) is 6.10 Å². The third kappa shape index (κ3) is 3.72. The number of hydrogen-bond acceptors (Lipinski definition) is 1.